The van der Waals surface area contributed by atoms with Crippen molar-refractivity contribution in [3.8, 4) is 17.1 Å². The van der Waals surface area contributed by atoms with Crippen LogP contribution in [0.2, 0.25) is 0 Å². The molecule has 0 unspecified atom stereocenters. The normalized spacial score (nSPS) is 14.9. The summed E-state index contributed by atoms with van der Waals surface area (Å²) >= 11 is 1.49. The molecule has 29 heavy (non-hydrogen) atoms. The molecule has 0 radical (unpaired) electrons. The minimum Gasteiger partial charge on any atom is -0.476 e. The molecule has 0 bridgehead atoms. The van der Waals surface area contributed by atoms with E-state index in [0.717, 1.165) is 17.7 Å². The van der Waals surface area contributed by atoms with E-state index in [1.165, 1.54) is 30.2 Å². The van der Waals surface area contributed by atoms with Crippen LogP contribution in [0, 0.1) is 11.7 Å². The molecule has 156 valence electrons. The van der Waals surface area contributed by atoms with Crippen LogP contribution in [0.15, 0.2) is 35.5 Å². The van der Waals surface area contributed by atoms with Crippen LogP contribution in [0.1, 0.15) is 26.7 Å². The van der Waals surface area contributed by atoms with Crippen LogP contribution in [-0.4, -0.2) is 53.0 Å². The third-order valence-electron chi connectivity index (χ3n) is 4.76. The maximum atomic E-state index is 14.2. The van der Waals surface area contributed by atoms with Crippen molar-refractivity contribution in [1.29, 1.82) is 0 Å². The van der Waals surface area contributed by atoms with E-state index in [0.29, 0.717) is 42.8 Å². The Morgan fingerprint density at radius 3 is 2.62 bits per heavy atom. The number of amides is 1. The van der Waals surface area contributed by atoms with Crippen LogP contribution in [0.25, 0.3) is 11.3 Å². The van der Waals surface area contributed by atoms with Crippen molar-refractivity contribution < 1.29 is 18.7 Å². The van der Waals surface area contributed by atoms with Crippen molar-refractivity contribution in [2.75, 3.05) is 26.0 Å². The van der Waals surface area contributed by atoms with Crippen LogP contribution < -0.4 is 4.74 Å². The Balaban J connectivity index is 1.49. The van der Waals surface area contributed by atoms with E-state index < -0.39 is 0 Å². The van der Waals surface area contributed by atoms with Crippen molar-refractivity contribution in [2.24, 2.45) is 5.92 Å². The lowest BCUT2D eigenvalue weighted by molar-refractivity contribution is 0.0606. The van der Waals surface area contributed by atoms with Crippen molar-refractivity contribution in [2.45, 2.75) is 37.7 Å². The van der Waals surface area contributed by atoms with Gasteiger partial charge in [0.05, 0.1) is 30.8 Å². The van der Waals surface area contributed by atoms with Gasteiger partial charge in [0, 0.05) is 23.5 Å². The van der Waals surface area contributed by atoms with Gasteiger partial charge in [-0.1, -0.05) is 0 Å². The molecule has 2 aromatic rings. The van der Waals surface area contributed by atoms with Gasteiger partial charge in [0.2, 0.25) is 5.88 Å². The van der Waals surface area contributed by atoms with Gasteiger partial charge in [0.1, 0.15) is 5.82 Å². The molecule has 1 aliphatic heterocycles. The second kappa shape index (κ2) is 9.91. The van der Waals surface area contributed by atoms with Gasteiger partial charge < -0.3 is 14.4 Å². The van der Waals surface area contributed by atoms with Gasteiger partial charge in [-0.3, -0.25) is 0 Å². The highest BCUT2D eigenvalue weighted by molar-refractivity contribution is 7.98. The summed E-state index contributed by atoms with van der Waals surface area (Å²) in [6.45, 7) is 5.53. The Hall–Kier alpha value is -2.35. The number of carbonyl (C=O) groups excluding carboxylic acids is 1. The molecule has 0 atom stereocenters. The number of hydrogen-bond acceptors (Lipinski definition) is 6. The molecule has 0 saturated carbocycles. The number of hydrogen-bond donors (Lipinski definition) is 0. The fraction of sp³-hybridized carbons (Fsp3) is 0.476. The number of ether oxygens (including phenoxy) is 2. The molecule has 1 aromatic heterocycles. The average molecular weight is 420 g/mol. The zero-order valence-electron chi connectivity index (χ0n) is 16.9. The summed E-state index contributed by atoms with van der Waals surface area (Å²) in [5, 5.41) is 0. The Morgan fingerprint density at radius 2 is 2.03 bits per heavy atom. The summed E-state index contributed by atoms with van der Waals surface area (Å²) in [5.74, 6) is 0.440. The highest BCUT2D eigenvalue weighted by Crippen LogP contribution is 2.26. The molecule has 0 aliphatic carbocycles. The number of piperidine rings is 1. The average Bonchev–Trinajstić information content (AvgIpc) is 2.72. The van der Waals surface area contributed by atoms with Gasteiger partial charge in [-0.05, 0) is 57.1 Å². The van der Waals surface area contributed by atoms with E-state index in [9.17, 15) is 9.18 Å². The van der Waals surface area contributed by atoms with Crippen LogP contribution >= 0.6 is 11.8 Å². The van der Waals surface area contributed by atoms with Crippen LogP contribution in [0.4, 0.5) is 9.18 Å². The molecule has 0 spiro atoms. The summed E-state index contributed by atoms with van der Waals surface area (Å²) in [4.78, 5) is 23.1. The molecule has 1 saturated heterocycles. The lowest BCUT2D eigenvalue weighted by atomic mass is 9.98. The number of carbonyl (C=O) groups is 1. The first kappa shape index (κ1) is 21.4. The largest absolute Gasteiger partial charge is 0.476 e. The minimum absolute atomic E-state index is 0.109. The van der Waals surface area contributed by atoms with Crippen molar-refractivity contribution in [1.82, 2.24) is 14.9 Å². The third-order valence-corrected chi connectivity index (χ3v) is 5.48. The number of aromatic nitrogens is 2. The van der Waals surface area contributed by atoms with E-state index >= 15 is 0 Å². The SMILES string of the molecule is CSc1ccc(-c2cnc(OCC3CCN(C(=O)OC(C)C)CC3)cn2)c(F)c1. The van der Waals surface area contributed by atoms with E-state index in [-0.39, 0.29) is 18.0 Å². The lowest BCUT2D eigenvalue weighted by Crippen LogP contribution is -2.40. The van der Waals surface area contributed by atoms with Gasteiger partial charge in [-0.15, -0.1) is 11.8 Å². The molecule has 3 rings (SSSR count). The van der Waals surface area contributed by atoms with E-state index in [1.54, 1.807) is 11.0 Å². The molecule has 8 heteroatoms. The van der Waals surface area contributed by atoms with Crippen LogP contribution in [-0.2, 0) is 4.74 Å². The number of thioether (sulfide) groups is 1. The second-order valence-corrected chi connectivity index (χ2v) is 8.14. The van der Waals surface area contributed by atoms with Crippen molar-refractivity contribution in [3.05, 3.63) is 36.4 Å². The van der Waals surface area contributed by atoms with E-state index in [1.807, 2.05) is 26.2 Å². The fourth-order valence-electron chi connectivity index (χ4n) is 3.12. The number of rotatable bonds is 6. The standard InChI is InChI=1S/C21H26FN3O3S/c1-14(2)28-21(26)25-8-6-15(7-9-25)13-27-20-12-23-19(11-24-20)17-5-4-16(29-3)10-18(17)22/h4-5,10-12,14-15H,6-9,13H2,1-3H3. The Bertz CT molecular complexity index is 824. The summed E-state index contributed by atoms with van der Waals surface area (Å²) in [7, 11) is 0. The molecule has 1 aromatic carbocycles. The Labute approximate surface area is 174 Å². The first-order valence-electron chi connectivity index (χ1n) is 9.70. The topological polar surface area (TPSA) is 64.5 Å². The first-order valence-corrected chi connectivity index (χ1v) is 10.9. The van der Waals surface area contributed by atoms with Gasteiger partial charge in [0.15, 0.2) is 0 Å². The smallest absolute Gasteiger partial charge is 0.410 e. The van der Waals surface area contributed by atoms with E-state index in [2.05, 4.69) is 9.97 Å². The van der Waals surface area contributed by atoms with Gasteiger partial charge in [-0.25, -0.2) is 19.2 Å². The highest BCUT2D eigenvalue weighted by atomic mass is 32.2. The summed E-state index contributed by atoms with van der Waals surface area (Å²) in [6, 6.07) is 5.07. The quantitative estimate of drug-likeness (QED) is 0.636. The molecule has 1 aliphatic rings. The van der Waals surface area contributed by atoms with E-state index in [4.69, 9.17) is 9.47 Å². The maximum absolute atomic E-state index is 14.2. The van der Waals surface area contributed by atoms with Gasteiger partial charge in [0.25, 0.3) is 0 Å². The second-order valence-electron chi connectivity index (χ2n) is 7.26. The number of nitrogens with zero attached hydrogens (tertiary/aromatic N) is 3. The van der Waals surface area contributed by atoms with Crippen LogP contribution in [0.3, 0.4) is 0 Å². The Morgan fingerprint density at radius 1 is 1.28 bits per heavy atom. The predicted molar refractivity (Wildman–Crippen MR) is 111 cm³/mol. The third kappa shape index (κ3) is 5.82. The molecule has 2 heterocycles. The van der Waals surface area contributed by atoms with Crippen molar-refractivity contribution in [3.63, 3.8) is 0 Å². The zero-order valence-corrected chi connectivity index (χ0v) is 17.7. The molecule has 1 amide bonds. The van der Waals surface area contributed by atoms with Crippen molar-refractivity contribution >= 4 is 17.9 Å². The van der Waals surface area contributed by atoms with Crippen LogP contribution in [0.5, 0.6) is 5.88 Å². The monoisotopic (exact) mass is 419 g/mol. The highest BCUT2D eigenvalue weighted by Gasteiger charge is 2.24. The molecular formula is C21H26FN3O3S. The Kier molecular flexibility index (Phi) is 7.30. The number of benzene rings is 1. The maximum Gasteiger partial charge on any atom is 0.410 e. The molecule has 1 fully saturated rings. The fourth-order valence-corrected chi connectivity index (χ4v) is 3.55. The first-order chi connectivity index (χ1) is 14.0. The molecule has 0 N–H and O–H groups in total. The summed E-state index contributed by atoms with van der Waals surface area (Å²) in [6.07, 6.45) is 6.29. The van der Waals surface area contributed by atoms with Gasteiger partial charge >= 0.3 is 6.09 Å². The molecule has 6 nitrogen and oxygen atoms in total. The number of likely N-dealkylation sites (tertiary alicyclic amines) is 1. The zero-order chi connectivity index (χ0) is 20.8. The number of halogens is 1. The predicted octanol–water partition coefficient (Wildman–Crippen LogP) is 4.64. The van der Waals surface area contributed by atoms with Gasteiger partial charge in [-0.2, -0.15) is 0 Å². The minimum atomic E-state index is -0.317. The molecular weight excluding hydrogens is 393 g/mol. The lowest BCUT2D eigenvalue weighted by Gasteiger charge is -2.31. The summed E-state index contributed by atoms with van der Waals surface area (Å²) < 4.78 is 25.2. The summed E-state index contributed by atoms with van der Waals surface area (Å²) in [5.41, 5.74) is 0.891.